The Morgan fingerprint density at radius 3 is 2.29 bits per heavy atom. The Balaban J connectivity index is 2.64. The van der Waals surface area contributed by atoms with Crippen molar-refractivity contribution in [3.8, 4) is 0 Å². The first kappa shape index (κ1) is 28.4. The molecule has 0 unspecified atom stereocenters. The lowest BCUT2D eigenvalue weighted by Crippen LogP contribution is -2.73. The average molecular weight is 473 g/mol. The van der Waals surface area contributed by atoms with Crippen LogP contribution < -0.4 is 5.32 Å². The van der Waals surface area contributed by atoms with E-state index in [2.05, 4.69) is 11.4 Å². The second kappa shape index (κ2) is 13.1. The molecule has 1 amide bonds. The molecule has 8 N–H and O–H groups in total. The summed E-state index contributed by atoms with van der Waals surface area (Å²) in [5.74, 6) is -0.963. The van der Waals surface area contributed by atoms with Crippen LogP contribution in [-0.2, 0) is 18.6 Å². The largest absolute Gasteiger partial charge is 0.472 e. The van der Waals surface area contributed by atoms with Gasteiger partial charge >= 0.3 is 7.82 Å². The van der Waals surface area contributed by atoms with Gasteiger partial charge in [-0.15, -0.1) is 0 Å². The Morgan fingerprint density at radius 2 is 1.74 bits per heavy atom. The Kier molecular flexibility index (Phi) is 12.0. The Bertz CT molecular complexity index is 589. The summed E-state index contributed by atoms with van der Waals surface area (Å²) in [4.78, 5) is 30.3. The Labute approximate surface area is 181 Å². The molecule has 1 aliphatic heterocycles. The fourth-order valence-electron chi connectivity index (χ4n) is 3.39. The van der Waals surface area contributed by atoms with E-state index in [0.717, 1.165) is 32.1 Å². The van der Waals surface area contributed by atoms with E-state index in [1.54, 1.807) is 0 Å². The van der Waals surface area contributed by atoms with E-state index in [-0.39, 0.29) is 0 Å². The average Bonchev–Trinajstić information content (AvgIpc) is 2.67. The summed E-state index contributed by atoms with van der Waals surface area (Å²) >= 11 is 0. The number of nitrogens with one attached hydrogen (secondary N) is 1. The number of hydrogen-bond donors (Lipinski definition) is 8. The van der Waals surface area contributed by atoms with Gasteiger partial charge in [0.15, 0.2) is 0 Å². The van der Waals surface area contributed by atoms with Crippen molar-refractivity contribution in [2.75, 3.05) is 6.61 Å². The summed E-state index contributed by atoms with van der Waals surface area (Å²) in [6.07, 6.45) is -1.92. The number of phosphoric acid groups is 1. The van der Waals surface area contributed by atoms with Crippen LogP contribution >= 0.6 is 7.82 Å². The maximum atomic E-state index is 12.3. The molecule has 31 heavy (non-hydrogen) atoms. The minimum Gasteiger partial charge on any atom is -0.394 e. The lowest BCUT2D eigenvalue weighted by Gasteiger charge is -2.47. The van der Waals surface area contributed by atoms with Gasteiger partial charge in [0.25, 0.3) is 0 Å². The third-order valence-corrected chi connectivity index (χ3v) is 5.59. The van der Waals surface area contributed by atoms with Crippen molar-refractivity contribution in [2.45, 2.75) is 101 Å². The highest BCUT2D eigenvalue weighted by Crippen LogP contribution is 2.42. The summed E-state index contributed by atoms with van der Waals surface area (Å²) < 4.78 is 20.4. The minimum atomic E-state index is -5.26. The molecule has 0 aliphatic carbocycles. The molecular weight excluding hydrogens is 437 g/mol. The summed E-state index contributed by atoms with van der Waals surface area (Å²) in [7, 11) is -5.26. The number of aliphatic hydroxyl groups is 5. The van der Waals surface area contributed by atoms with Gasteiger partial charge in [-0.3, -0.25) is 9.32 Å². The summed E-state index contributed by atoms with van der Waals surface area (Å²) in [6, 6.07) is 0. The molecule has 12 nitrogen and oxygen atoms in total. The molecular formula is C18H36NO11P. The lowest BCUT2D eigenvalue weighted by molar-refractivity contribution is -0.330. The molecule has 1 heterocycles. The van der Waals surface area contributed by atoms with Crippen molar-refractivity contribution in [3.05, 3.63) is 0 Å². The second-order valence-corrected chi connectivity index (χ2v) is 9.05. The van der Waals surface area contributed by atoms with Gasteiger partial charge < -0.3 is 45.4 Å². The maximum absolute atomic E-state index is 12.3. The molecule has 1 fully saturated rings. The fraction of sp³-hybridized carbons (Fsp3) is 0.944. The summed E-state index contributed by atoms with van der Waals surface area (Å²) in [5, 5.41) is 52.0. The maximum Gasteiger partial charge on any atom is 0.472 e. The van der Waals surface area contributed by atoms with Crippen LogP contribution in [0.2, 0.25) is 0 Å². The van der Waals surface area contributed by atoms with Gasteiger partial charge in [0.2, 0.25) is 17.9 Å². The molecule has 13 heteroatoms. The standard InChI is InChI=1S/C18H36NO11P/c1-2-3-4-5-6-7-8-9-12(21)10-14(22)19-18(25)16(24)15(23)13(11-20)29-17(18)30-31(26,27)28/h12-13,15-17,20-21,23-25H,2-11H2,1H3,(H,19,22)(H2,26,27,28)/t12-,13-,15-,16+,17-,18-/m1/s1. The molecule has 1 saturated heterocycles. The van der Waals surface area contributed by atoms with E-state index in [4.69, 9.17) is 14.5 Å². The SMILES string of the molecule is CCCCCCCCC[C@@H](O)CC(=O)N[C@]1(O)[C@@H](OP(=O)(O)O)O[C@H](CO)[C@@H](O)[C@@H]1O. The summed E-state index contributed by atoms with van der Waals surface area (Å²) in [5.41, 5.74) is -2.94. The fourth-order valence-corrected chi connectivity index (χ4v) is 3.85. The van der Waals surface area contributed by atoms with Crippen LogP contribution in [-0.4, -0.2) is 84.3 Å². The highest BCUT2D eigenvalue weighted by Gasteiger charge is 2.58. The minimum absolute atomic E-state index is 0.330. The topological polar surface area (TPSA) is 206 Å². The van der Waals surface area contributed by atoms with E-state index in [1.165, 1.54) is 6.42 Å². The van der Waals surface area contributed by atoms with Gasteiger partial charge in [-0.05, 0) is 6.42 Å². The molecule has 1 rings (SSSR count). The van der Waals surface area contributed by atoms with Crippen molar-refractivity contribution in [1.82, 2.24) is 5.32 Å². The van der Waals surface area contributed by atoms with E-state index in [9.17, 15) is 34.9 Å². The van der Waals surface area contributed by atoms with Crippen LogP contribution in [0.4, 0.5) is 0 Å². The Morgan fingerprint density at radius 1 is 1.16 bits per heavy atom. The van der Waals surface area contributed by atoms with Crippen LogP contribution in [0.5, 0.6) is 0 Å². The van der Waals surface area contributed by atoms with Gasteiger partial charge in [-0.25, -0.2) is 4.57 Å². The van der Waals surface area contributed by atoms with E-state index >= 15 is 0 Å². The van der Waals surface area contributed by atoms with Crippen molar-refractivity contribution in [2.24, 2.45) is 0 Å². The molecule has 0 aromatic rings. The first-order valence-electron chi connectivity index (χ1n) is 10.5. The first-order chi connectivity index (χ1) is 14.4. The molecule has 6 atom stereocenters. The van der Waals surface area contributed by atoms with Crippen molar-refractivity contribution in [1.29, 1.82) is 0 Å². The predicted molar refractivity (Wildman–Crippen MR) is 107 cm³/mol. The smallest absolute Gasteiger partial charge is 0.394 e. The van der Waals surface area contributed by atoms with Gasteiger partial charge in [0.1, 0.15) is 18.3 Å². The van der Waals surface area contributed by atoms with Crippen LogP contribution in [0.3, 0.4) is 0 Å². The van der Waals surface area contributed by atoms with Crippen LogP contribution in [0.1, 0.15) is 64.7 Å². The molecule has 0 bridgehead atoms. The zero-order valence-electron chi connectivity index (χ0n) is 17.7. The van der Waals surface area contributed by atoms with Crippen molar-refractivity contribution in [3.63, 3.8) is 0 Å². The number of phosphoric ester groups is 1. The van der Waals surface area contributed by atoms with Crippen LogP contribution in [0.15, 0.2) is 0 Å². The van der Waals surface area contributed by atoms with E-state index in [0.29, 0.717) is 12.8 Å². The number of hydrogen-bond acceptors (Lipinski definition) is 9. The number of carbonyl (C=O) groups excluding carboxylic acids is 1. The predicted octanol–water partition coefficient (Wildman–Crippen LogP) is -0.769. The molecule has 0 saturated carbocycles. The number of ether oxygens (including phenoxy) is 1. The highest BCUT2D eigenvalue weighted by atomic mass is 31.2. The molecule has 0 radical (unpaired) electrons. The van der Waals surface area contributed by atoms with Crippen molar-refractivity contribution < 1.29 is 53.9 Å². The van der Waals surface area contributed by atoms with Gasteiger partial charge in [0, 0.05) is 0 Å². The zero-order valence-corrected chi connectivity index (χ0v) is 18.6. The third-order valence-electron chi connectivity index (χ3n) is 5.13. The summed E-state index contributed by atoms with van der Waals surface area (Å²) in [6.45, 7) is 1.27. The zero-order chi connectivity index (χ0) is 23.7. The molecule has 0 aromatic heterocycles. The number of aliphatic hydroxyl groups excluding tert-OH is 4. The first-order valence-corrected chi connectivity index (χ1v) is 12.1. The van der Waals surface area contributed by atoms with Gasteiger partial charge in [0.05, 0.1) is 19.1 Å². The second-order valence-electron chi connectivity index (χ2n) is 7.86. The van der Waals surface area contributed by atoms with Gasteiger partial charge in [-0.1, -0.05) is 51.9 Å². The number of unbranched alkanes of at least 4 members (excludes halogenated alkanes) is 6. The quantitative estimate of drug-likeness (QED) is 0.0893. The molecule has 0 spiro atoms. The lowest BCUT2D eigenvalue weighted by atomic mass is 9.93. The van der Waals surface area contributed by atoms with E-state index in [1.807, 2.05) is 5.32 Å². The molecule has 1 aliphatic rings. The molecule has 0 aromatic carbocycles. The third kappa shape index (κ3) is 9.39. The monoisotopic (exact) mass is 473 g/mol. The number of carbonyl (C=O) groups is 1. The van der Waals surface area contributed by atoms with E-state index < -0.39 is 63.2 Å². The van der Waals surface area contributed by atoms with Crippen LogP contribution in [0.25, 0.3) is 0 Å². The van der Waals surface area contributed by atoms with Crippen LogP contribution in [0, 0.1) is 0 Å². The van der Waals surface area contributed by atoms with Crippen molar-refractivity contribution >= 4 is 13.7 Å². The number of rotatable bonds is 14. The normalized spacial score (nSPS) is 30.2. The highest BCUT2D eigenvalue weighted by molar-refractivity contribution is 7.46. The van der Waals surface area contributed by atoms with Gasteiger partial charge in [-0.2, -0.15) is 0 Å². The molecule has 184 valence electrons. The Hall–Kier alpha value is -0.660. The number of amides is 1.